The molecule has 1 atom stereocenters. The van der Waals surface area contributed by atoms with Gasteiger partial charge in [0.15, 0.2) is 11.5 Å². The highest BCUT2D eigenvalue weighted by molar-refractivity contribution is 5.93. The predicted octanol–water partition coefficient (Wildman–Crippen LogP) is 2.62. The van der Waals surface area contributed by atoms with Crippen LogP contribution in [0, 0.1) is 5.92 Å². The minimum Gasteiger partial charge on any atom is -0.486 e. The Morgan fingerprint density at radius 3 is 2.54 bits per heavy atom. The second-order valence-corrected chi connectivity index (χ2v) is 6.83. The van der Waals surface area contributed by atoms with Crippen molar-refractivity contribution in [3.05, 3.63) is 54.1 Å². The van der Waals surface area contributed by atoms with Gasteiger partial charge in [-0.3, -0.25) is 9.59 Å². The van der Waals surface area contributed by atoms with Crippen LogP contribution in [0.3, 0.4) is 0 Å². The van der Waals surface area contributed by atoms with Crippen molar-refractivity contribution in [1.82, 2.24) is 4.90 Å². The highest BCUT2D eigenvalue weighted by atomic mass is 16.6. The van der Waals surface area contributed by atoms with Crippen molar-refractivity contribution in [2.45, 2.75) is 13.0 Å². The number of hydrogen-bond acceptors (Lipinski definition) is 5. The molecular weight excluding hydrogens is 360 g/mol. The van der Waals surface area contributed by atoms with Crippen LogP contribution in [0.25, 0.3) is 0 Å². The summed E-state index contributed by atoms with van der Waals surface area (Å²) in [4.78, 5) is 25.9. The molecule has 0 saturated carbocycles. The summed E-state index contributed by atoms with van der Waals surface area (Å²) in [7, 11) is 1.85. The Kier molecular flexibility index (Phi) is 6.49. The molecule has 0 fully saturated rings. The third-order valence-corrected chi connectivity index (χ3v) is 4.43. The van der Waals surface area contributed by atoms with Crippen LogP contribution in [-0.4, -0.2) is 48.7 Å². The van der Waals surface area contributed by atoms with Crippen molar-refractivity contribution >= 4 is 17.6 Å². The second-order valence-electron chi connectivity index (χ2n) is 6.83. The van der Waals surface area contributed by atoms with Crippen molar-refractivity contribution in [3.8, 4) is 11.5 Å². The molecular formula is C21H24N2O5. The minimum absolute atomic E-state index is 0.108. The zero-order valence-corrected chi connectivity index (χ0v) is 15.8. The molecule has 0 bridgehead atoms. The predicted molar refractivity (Wildman–Crippen MR) is 105 cm³/mol. The van der Waals surface area contributed by atoms with Crippen LogP contribution >= 0.6 is 0 Å². The maximum absolute atomic E-state index is 12.4. The molecule has 3 rings (SSSR count). The number of fused-ring (bicyclic) bond motifs is 1. The number of nitrogens with zero attached hydrogens (tertiary/aromatic N) is 1. The van der Waals surface area contributed by atoms with Crippen molar-refractivity contribution in [2.75, 3.05) is 32.1 Å². The number of anilines is 1. The summed E-state index contributed by atoms with van der Waals surface area (Å²) in [6, 6.07) is 14.9. The summed E-state index contributed by atoms with van der Waals surface area (Å²) in [5, 5.41) is 12.3. The van der Waals surface area contributed by atoms with E-state index in [1.165, 1.54) is 0 Å². The van der Waals surface area contributed by atoms with Crippen LogP contribution in [-0.2, 0) is 16.1 Å². The molecule has 0 saturated heterocycles. The quantitative estimate of drug-likeness (QED) is 0.727. The van der Waals surface area contributed by atoms with Gasteiger partial charge in [0.2, 0.25) is 5.91 Å². The topological polar surface area (TPSA) is 88.1 Å². The summed E-state index contributed by atoms with van der Waals surface area (Å²) in [6.07, 6.45) is -0.108. The van der Waals surface area contributed by atoms with E-state index in [0.717, 1.165) is 5.56 Å². The first-order valence-electron chi connectivity index (χ1n) is 9.16. The van der Waals surface area contributed by atoms with Crippen LogP contribution in [0.1, 0.15) is 12.0 Å². The lowest BCUT2D eigenvalue weighted by molar-refractivity contribution is -0.144. The number of rotatable bonds is 8. The standard InChI is InChI=1S/C21H24N2O5/c1-23(13-15-5-3-2-4-6-15)14-16(21(25)26)11-20(24)22-17-7-8-18-19(12-17)28-10-9-27-18/h2-8,12,16H,9-11,13-14H2,1H3,(H,22,24)(H,25,26)/t16-/m1/s1. The maximum Gasteiger partial charge on any atom is 0.308 e. The maximum atomic E-state index is 12.4. The molecule has 0 aliphatic carbocycles. The number of ether oxygens (including phenoxy) is 2. The van der Waals surface area contributed by atoms with Crippen LogP contribution in [0.2, 0.25) is 0 Å². The van der Waals surface area contributed by atoms with E-state index < -0.39 is 11.9 Å². The van der Waals surface area contributed by atoms with Crippen LogP contribution in [0.5, 0.6) is 11.5 Å². The first-order valence-corrected chi connectivity index (χ1v) is 9.16. The zero-order valence-electron chi connectivity index (χ0n) is 15.8. The number of aliphatic carboxylic acids is 1. The number of carboxylic acids is 1. The highest BCUT2D eigenvalue weighted by Gasteiger charge is 2.23. The molecule has 148 valence electrons. The van der Waals surface area contributed by atoms with Crippen molar-refractivity contribution < 1.29 is 24.2 Å². The fourth-order valence-corrected chi connectivity index (χ4v) is 3.12. The second kappa shape index (κ2) is 9.23. The van der Waals surface area contributed by atoms with E-state index in [1.54, 1.807) is 18.2 Å². The Bertz CT molecular complexity index is 825. The van der Waals surface area contributed by atoms with Gasteiger partial charge in [-0.15, -0.1) is 0 Å². The highest BCUT2D eigenvalue weighted by Crippen LogP contribution is 2.32. The van der Waals surface area contributed by atoms with Gasteiger partial charge in [0.25, 0.3) is 0 Å². The van der Waals surface area contributed by atoms with Gasteiger partial charge >= 0.3 is 5.97 Å². The third kappa shape index (κ3) is 5.47. The fourth-order valence-electron chi connectivity index (χ4n) is 3.12. The van der Waals surface area contributed by atoms with E-state index in [1.807, 2.05) is 42.3 Å². The molecule has 2 aromatic carbocycles. The molecule has 0 aromatic heterocycles. The van der Waals surface area contributed by atoms with Gasteiger partial charge in [-0.1, -0.05) is 30.3 Å². The van der Waals surface area contributed by atoms with Gasteiger partial charge in [-0.05, 0) is 24.7 Å². The lowest BCUT2D eigenvalue weighted by Crippen LogP contribution is -2.33. The Morgan fingerprint density at radius 2 is 1.82 bits per heavy atom. The van der Waals surface area contributed by atoms with Gasteiger partial charge in [0, 0.05) is 31.3 Å². The number of hydrogen-bond donors (Lipinski definition) is 2. The van der Waals surface area contributed by atoms with Crippen LogP contribution in [0.4, 0.5) is 5.69 Å². The lowest BCUT2D eigenvalue weighted by Gasteiger charge is -2.22. The van der Waals surface area contributed by atoms with Crippen LogP contribution in [0.15, 0.2) is 48.5 Å². The number of benzene rings is 2. The summed E-state index contributed by atoms with van der Waals surface area (Å²) in [5.74, 6) is -0.933. The number of carbonyl (C=O) groups excluding carboxylic acids is 1. The SMILES string of the molecule is CN(Cc1ccccc1)C[C@@H](CC(=O)Nc1ccc2c(c1)OCCO2)C(=O)O. The summed E-state index contributed by atoms with van der Waals surface area (Å²) >= 11 is 0. The average molecular weight is 384 g/mol. The Labute approximate surface area is 163 Å². The van der Waals surface area contributed by atoms with Crippen molar-refractivity contribution in [1.29, 1.82) is 0 Å². The van der Waals surface area contributed by atoms with Gasteiger partial charge in [-0.25, -0.2) is 0 Å². The largest absolute Gasteiger partial charge is 0.486 e. The van der Waals surface area contributed by atoms with Gasteiger partial charge in [-0.2, -0.15) is 0 Å². The molecule has 28 heavy (non-hydrogen) atoms. The molecule has 1 aliphatic rings. The van der Waals surface area contributed by atoms with E-state index in [4.69, 9.17) is 9.47 Å². The minimum atomic E-state index is -0.989. The first-order chi connectivity index (χ1) is 13.5. The zero-order chi connectivity index (χ0) is 19.9. The third-order valence-electron chi connectivity index (χ3n) is 4.43. The molecule has 2 N–H and O–H groups in total. The Morgan fingerprint density at radius 1 is 1.11 bits per heavy atom. The van der Waals surface area contributed by atoms with E-state index in [0.29, 0.717) is 36.9 Å². The van der Waals surface area contributed by atoms with E-state index >= 15 is 0 Å². The van der Waals surface area contributed by atoms with Crippen molar-refractivity contribution in [3.63, 3.8) is 0 Å². The average Bonchev–Trinajstić information content (AvgIpc) is 2.68. The number of carbonyl (C=O) groups is 2. The Hall–Kier alpha value is -3.06. The number of carboxylic acid groups (broad SMARTS) is 1. The van der Waals surface area contributed by atoms with E-state index in [2.05, 4.69) is 5.32 Å². The molecule has 1 amide bonds. The molecule has 0 unspecified atom stereocenters. The van der Waals surface area contributed by atoms with E-state index in [-0.39, 0.29) is 18.9 Å². The molecule has 1 aliphatic heterocycles. The van der Waals surface area contributed by atoms with E-state index in [9.17, 15) is 14.7 Å². The number of nitrogens with one attached hydrogen (secondary N) is 1. The molecule has 0 radical (unpaired) electrons. The molecule has 0 spiro atoms. The van der Waals surface area contributed by atoms with Gasteiger partial charge in [0.1, 0.15) is 13.2 Å². The molecule has 2 aromatic rings. The van der Waals surface area contributed by atoms with Crippen molar-refractivity contribution in [2.24, 2.45) is 5.92 Å². The van der Waals surface area contributed by atoms with Gasteiger partial charge < -0.3 is 24.8 Å². The number of amides is 1. The smallest absolute Gasteiger partial charge is 0.308 e. The fraction of sp³-hybridized carbons (Fsp3) is 0.333. The van der Waals surface area contributed by atoms with Gasteiger partial charge in [0.05, 0.1) is 5.92 Å². The molecule has 7 nitrogen and oxygen atoms in total. The first kappa shape index (κ1) is 19.7. The molecule has 7 heteroatoms. The summed E-state index contributed by atoms with van der Waals surface area (Å²) in [5.41, 5.74) is 1.64. The monoisotopic (exact) mass is 384 g/mol. The Balaban J connectivity index is 1.56. The van der Waals surface area contributed by atoms with Crippen LogP contribution < -0.4 is 14.8 Å². The lowest BCUT2D eigenvalue weighted by atomic mass is 10.0. The summed E-state index contributed by atoms with van der Waals surface area (Å²) < 4.78 is 10.9. The normalized spacial score (nSPS) is 13.8. The molecule has 1 heterocycles. The summed E-state index contributed by atoms with van der Waals surface area (Å²) in [6.45, 7) is 1.85.